The molecule has 28 heavy (non-hydrogen) atoms. The molecular weight excluding hydrogens is 348 g/mol. The molecule has 5 nitrogen and oxygen atoms in total. The van der Waals surface area contributed by atoms with Crippen LogP contribution < -0.4 is 10.2 Å². The molecule has 0 spiro atoms. The Kier molecular flexibility index (Phi) is 5.03. The molecule has 0 unspecified atom stereocenters. The van der Waals surface area contributed by atoms with E-state index in [0.29, 0.717) is 12.1 Å². The summed E-state index contributed by atoms with van der Waals surface area (Å²) in [6.45, 7) is 3.18. The number of hydrogen-bond donors (Lipinski definition) is 1. The van der Waals surface area contributed by atoms with Gasteiger partial charge in [0.1, 0.15) is 0 Å². The Bertz CT molecular complexity index is 1050. The van der Waals surface area contributed by atoms with E-state index in [0.717, 1.165) is 41.2 Å². The normalized spacial score (nSPS) is 12.1. The fraction of sp³-hybridized carbons (Fsp3) is 0.174. The predicted octanol–water partition coefficient (Wildman–Crippen LogP) is 3.42. The summed E-state index contributed by atoms with van der Waals surface area (Å²) in [5, 5.41) is 2.91. The van der Waals surface area contributed by atoms with Crippen molar-refractivity contribution in [2.75, 3.05) is 11.4 Å². The Morgan fingerprint density at radius 1 is 1.18 bits per heavy atom. The smallest absolute Gasteiger partial charge is 0.251 e. The van der Waals surface area contributed by atoms with Crippen LogP contribution >= 0.6 is 0 Å². The van der Waals surface area contributed by atoms with E-state index in [4.69, 9.17) is 4.98 Å². The average molecular weight is 368 g/mol. The van der Waals surface area contributed by atoms with Crippen molar-refractivity contribution < 1.29 is 4.79 Å². The molecule has 4 rings (SSSR count). The Labute approximate surface area is 164 Å². The van der Waals surface area contributed by atoms with Crippen LogP contribution in [0, 0.1) is 12.0 Å². The van der Waals surface area contributed by atoms with Crippen LogP contribution in [0.25, 0.3) is 11.3 Å². The van der Waals surface area contributed by atoms with Gasteiger partial charge in [0, 0.05) is 49.1 Å². The molecule has 0 saturated heterocycles. The minimum absolute atomic E-state index is 0.105. The van der Waals surface area contributed by atoms with Gasteiger partial charge in [-0.1, -0.05) is 24.1 Å². The van der Waals surface area contributed by atoms with Crippen LogP contribution in [0.2, 0.25) is 0 Å². The molecule has 3 aromatic rings. The second-order valence-electron chi connectivity index (χ2n) is 6.55. The molecule has 0 atom stereocenters. The highest BCUT2D eigenvalue weighted by Gasteiger charge is 2.19. The van der Waals surface area contributed by atoms with Gasteiger partial charge in [-0.05, 0) is 42.8 Å². The third kappa shape index (κ3) is 3.72. The number of benzene rings is 1. The number of carbonyl (C=O) groups is 1. The summed E-state index contributed by atoms with van der Waals surface area (Å²) in [4.78, 5) is 23.2. The number of aromatic nitrogens is 2. The Morgan fingerprint density at radius 2 is 2.04 bits per heavy atom. The first-order valence-corrected chi connectivity index (χ1v) is 9.22. The number of rotatable bonds is 4. The average Bonchev–Trinajstić information content (AvgIpc) is 3.15. The van der Waals surface area contributed by atoms with Crippen molar-refractivity contribution in [3.05, 3.63) is 77.7 Å². The van der Waals surface area contributed by atoms with Gasteiger partial charge in [-0.25, -0.2) is 0 Å². The van der Waals surface area contributed by atoms with Crippen molar-refractivity contribution in [2.24, 2.45) is 0 Å². The molecule has 1 N–H and O–H groups in total. The van der Waals surface area contributed by atoms with Gasteiger partial charge in [0.05, 0.1) is 17.1 Å². The second kappa shape index (κ2) is 7.93. The standard InChI is InChI=1S/C23H20N4O/c1-2-13-27-14-11-21-22(27)10-9-20(26-21)18-5-7-19(8-6-18)23(28)25-16-17-4-3-12-24-15-17/h3-10,12,15H,11,14,16H2,1H3,(H,25,28). The molecule has 5 heteroatoms. The van der Waals surface area contributed by atoms with Gasteiger partial charge in [0.25, 0.3) is 5.91 Å². The number of hydrogen-bond acceptors (Lipinski definition) is 4. The zero-order valence-corrected chi connectivity index (χ0v) is 15.6. The number of carbonyl (C=O) groups excluding carboxylic acids is 1. The van der Waals surface area contributed by atoms with E-state index in [-0.39, 0.29) is 5.91 Å². The van der Waals surface area contributed by atoms with E-state index < -0.39 is 0 Å². The maximum Gasteiger partial charge on any atom is 0.251 e. The highest BCUT2D eigenvalue weighted by Crippen LogP contribution is 2.29. The number of amides is 1. The molecule has 0 saturated carbocycles. The molecule has 1 aliphatic heterocycles. The highest BCUT2D eigenvalue weighted by molar-refractivity contribution is 5.94. The summed E-state index contributed by atoms with van der Waals surface area (Å²) < 4.78 is 0. The first-order chi connectivity index (χ1) is 13.7. The number of nitrogens with zero attached hydrogens (tertiary/aromatic N) is 3. The van der Waals surface area contributed by atoms with E-state index in [1.165, 1.54) is 0 Å². The summed E-state index contributed by atoms with van der Waals surface area (Å²) in [5.41, 5.74) is 5.65. The molecule has 0 aliphatic carbocycles. The van der Waals surface area contributed by atoms with Gasteiger partial charge in [0.15, 0.2) is 0 Å². The summed E-state index contributed by atoms with van der Waals surface area (Å²) in [7, 11) is 0. The lowest BCUT2D eigenvalue weighted by Crippen LogP contribution is -2.22. The van der Waals surface area contributed by atoms with Gasteiger partial charge in [0.2, 0.25) is 0 Å². The number of pyridine rings is 2. The highest BCUT2D eigenvalue weighted by atomic mass is 16.1. The third-order valence-corrected chi connectivity index (χ3v) is 4.68. The van der Waals surface area contributed by atoms with Crippen LogP contribution in [0.4, 0.5) is 5.69 Å². The molecular formula is C23H20N4O. The lowest BCUT2D eigenvalue weighted by Gasteiger charge is -2.10. The monoisotopic (exact) mass is 368 g/mol. The predicted molar refractivity (Wildman–Crippen MR) is 110 cm³/mol. The van der Waals surface area contributed by atoms with Crippen LogP contribution in [0.5, 0.6) is 0 Å². The quantitative estimate of drug-likeness (QED) is 0.717. The maximum atomic E-state index is 12.4. The topological polar surface area (TPSA) is 58.1 Å². The molecule has 2 aromatic heterocycles. The van der Waals surface area contributed by atoms with Gasteiger partial charge in [-0.3, -0.25) is 19.7 Å². The number of fused-ring (bicyclic) bond motifs is 1. The van der Waals surface area contributed by atoms with Crippen LogP contribution in [-0.4, -0.2) is 22.4 Å². The van der Waals surface area contributed by atoms with E-state index in [1.54, 1.807) is 12.4 Å². The zero-order chi connectivity index (χ0) is 19.3. The van der Waals surface area contributed by atoms with Crippen LogP contribution in [0.15, 0.2) is 60.9 Å². The first kappa shape index (κ1) is 17.7. The van der Waals surface area contributed by atoms with E-state index in [9.17, 15) is 4.79 Å². The molecule has 1 amide bonds. The number of anilines is 1. The molecule has 1 aliphatic rings. The van der Waals surface area contributed by atoms with Gasteiger partial charge < -0.3 is 5.32 Å². The SMILES string of the molecule is CC#CN1CCc2nc(-c3ccc(C(=O)NCc4cccnc4)cc3)ccc21. The lowest BCUT2D eigenvalue weighted by molar-refractivity contribution is 0.0951. The summed E-state index contributed by atoms with van der Waals surface area (Å²) >= 11 is 0. The van der Waals surface area contributed by atoms with Crippen LogP contribution in [-0.2, 0) is 13.0 Å². The van der Waals surface area contributed by atoms with Crippen molar-refractivity contribution in [3.8, 4) is 23.2 Å². The summed E-state index contributed by atoms with van der Waals surface area (Å²) in [6, 6.07) is 18.5. The van der Waals surface area contributed by atoms with Crippen molar-refractivity contribution in [1.29, 1.82) is 0 Å². The van der Waals surface area contributed by atoms with Crippen molar-refractivity contribution in [3.63, 3.8) is 0 Å². The zero-order valence-electron chi connectivity index (χ0n) is 15.6. The third-order valence-electron chi connectivity index (χ3n) is 4.68. The fourth-order valence-corrected chi connectivity index (χ4v) is 3.25. The van der Waals surface area contributed by atoms with E-state index >= 15 is 0 Å². The molecule has 138 valence electrons. The largest absolute Gasteiger partial charge is 0.348 e. The Morgan fingerprint density at radius 3 is 2.79 bits per heavy atom. The summed E-state index contributed by atoms with van der Waals surface area (Å²) in [6.07, 6.45) is 4.36. The van der Waals surface area contributed by atoms with Gasteiger partial charge in [-0.2, -0.15) is 0 Å². The molecule has 3 heterocycles. The van der Waals surface area contributed by atoms with E-state index in [2.05, 4.69) is 28.3 Å². The Hall–Kier alpha value is -3.65. The lowest BCUT2D eigenvalue weighted by atomic mass is 10.1. The molecule has 0 bridgehead atoms. The van der Waals surface area contributed by atoms with Crippen molar-refractivity contribution in [1.82, 2.24) is 15.3 Å². The maximum absolute atomic E-state index is 12.4. The molecule has 0 radical (unpaired) electrons. The minimum atomic E-state index is -0.105. The second-order valence-corrected chi connectivity index (χ2v) is 6.55. The molecule has 1 aromatic carbocycles. The van der Waals surface area contributed by atoms with Crippen molar-refractivity contribution >= 4 is 11.6 Å². The number of nitrogens with one attached hydrogen (secondary N) is 1. The van der Waals surface area contributed by atoms with Crippen molar-refractivity contribution in [2.45, 2.75) is 19.9 Å². The first-order valence-electron chi connectivity index (χ1n) is 9.22. The van der Waals surface area contributed by atoms with Gasteiger partial charge in [-0.15, -0.1) is 0 Å². The Balaban J connectivity index is 1.46. The van der Waals surface area contributed by atoms with E-state index in [1.807, 2.05) is 54.3 Å². The van der Waals surface area contributed by atoms with Crippen LogP contribution in [0.1, 0.15) is 28.5 Å². The molecule has 0 fully saturated rings. The summed E-state index contributed by atoms with van der Waals surface area (Å²) in [5.74, 6) is 2.84. The fourth-order valence-electron chi connectivity index (χ4n) is 3.25. The van der Waals surface area contributed by atoms with Gasteiger partial charge >= 0.3 is 0 Å². The minimum Gasteiger partial charge on any atom is -0.348 e. The van der Waals surface area contributed by atoms with Crippen LogP contribution in [0.3, 0.4) is 0 Å².